The molecule has 0 atom stereocenters. The molecule has 0 fully saturated rings. The topological polar surface area (TPSA) is 47.6 Å². The third-order valence-corrected chi connectivity index (χ3v) is 3.00. The summed E-state index contributed by atoms with van der Waals surface area (Å²) in [5.41, 5.74) is 0.594. The second-order valence-electron chi connectivity index (χ2n) is 4.07. The molecule has 1 aliphatic heterocycles. The first-order valence-electron chi connectivity index (χ1n) is 6.05. The summed E-state index contributed by atoms with van der Waals surface area (Å²) >= 11 is 5.58. The van der Waals surface area contributed by atoms with E-state index in [4.69, 9.17) is 21.1 Å². The minimum atomic E-state index is -0.0841. The van der Waals surface area contributed by atoms with Gasteiger partial charge in [-0.15, -0.1) is 11.6 Å². The fourth-order valence-electron chi connectivity index (χ4n) is 1.74. The molecule has 0 aliphatic carbocycles. The Morgan fingerprint density at radius 1 is 1.22 bits per heavy atom. The van der Waals surface area contributed by atoms with Crippen molar-refractivity contribution < 1.29 is 14.3 Å². The van der Waals surface area contributed by atoms with Crippen LogP contribution in [0.15, 0.2) is 18.2 Å². The largest absolute Gasteiger partial charge is 0.454 e. The van der Waals surface area contributed by atoms with Gasteiger partial charge in [-0.2, -0.15) is 0 Å². The molecular weight excluding hydrogens is 254 g/mol. The lowest BCUT2D eigenvalue weighted by Crippen LogP contribution is -2.24. The van der Waals surface area contributed by atoms with Gasteiger partial charge in [-0.3, -0.25) is 4.79 Å². The molecule has 98 valence electrons. The van der Waals surface area contributed by atoms with Gasteiger partial charge < -0.3 is 14.8 Å². The minimum absolute atomic E-state index is 0.0841. The average molecular weight is 270 g/mol. The highest BCUT2D eigenvalue weighted by Gasteiger charge is 2.15. The monoisotopic (exact) mass is 269 g/mol. The van der Waals surface area contributed by atoms with Crippen LogP contribution in [0.1, 0.15) is 29.6 Å². The van der Waals surface area contributed by atoms with Crippen LogP contribution in [0.3, 0.4) is 0 Å². The lowest BCUT2D eigenvalue weighted by molar-refractivity contribution is 0.0952. The van der Waals surface area contributed by atoms with Crippen molar-refractivity contribution >= 4 is 17.5 Å². The highest BCUT2D eigenvalue weighted by atomic mass is 35.5. The van der Waals surface area contributed by atoms with Gasteiger partial charge in [-0.25, -0.2) is 0 Å². The molecule has 1 amide bonds. The fraction of sp³-hybridized carbons (Fsp3) is 0.462. The number of halogens is 1. The second-order valence-corrected chi connectivity index (χ2v) is 4.45. The van der Waals surface area contributed by atoms with Crippen LogP contribution in [0.2, 0.25) is 0 Å². The lowest BCUT2D eigenvalue weighted by atomic mass is 10.2. The van der Waals surface area contributed by atoms with E-state index in [1.54, 1.807) is 18.2 Å². The Hall–Kier alpha value is -1.42. The van der Waals surface area contributed by atoms with E-state index in [1.807, 2.05) is 0 Å². The maximum atomic E-state index is 11.8. The van der Waals surface area contributed by atoms with Gasteiger partial charge in [0.1, 0.15) is 0 Å². The van der Waals surface area contributed by atoms with E-state index in [-0.39, 0.29) is 12.7 Å². The molecular formula is C13H16ClNO3. The van der Waals surface area contributed by atoms with Crippen molar-refractivity contribution in [3.63, 3.8) is 0 Å². The van der Waals surface area contributed by atoms with Crippen LogP contribution < -0.4 is 14.8 Å². The summed E-state index contributed by atoms with van der Waals surface area (Å²) in [7, 11) is 0. The number of amides is 1. The molecule has 0 radical (unpaired) electrons. The van der Waals surface area contributed by atoms with Crippen molar-refractivity contribution in [3.05, 3.63) is 23.8 Å². The van der Waals surface area contributed by atoms with Gasteiger partial charge >= 0.3 is 0 Å². The first-order valence-corrected chi connectivity index (χ1v) is 6.58. The highest BCUT2D eigenvalue weighted by molar-refractivity contribution is 6.17. The second kappa shape index (κ2) is 6.50. The van der Waals surface area contributed by atoms with Crippen LogP contribution in [0, 0.1) is 0 Å². The number of unbranched alkanes of at least 4 members (excludes halogenated alkanes) is 2. The number of nitrogens with one attached hydrogen (secondary N) is 1. The molecule has 1 aromatic rings. The summed E-state index contributed by atoms with van der Waals surface area (Å²) in [4.78, 5) is 11.8. The molecule has 1 N–H and O–H groups in total. The zero-order valence-corrected chi connectivity index (χ0v) is 10.8. The van der Waals surface area contributed by atoms with Crippen molar-refractivity contribution in [3.8, 4) is 11.5 Å². The molecule has 4 nitrogen and oxygen atoms in total. The van der Waals surface area contributed by atoms with E-state index in [1.165, 1.54) is 0 Å². The Bertz CT molecular complexity index is 423. The Labute approximate surface area is 111 Å². The van der Waals surface area contributed by atoms with Crippen molar-refractivity contribution in [2.24, 2.45) is 0 Å². The molecule has 1 aliphatic rings. The summed E-state index contributed by atoms with van der Waals surface area (Å²) in [6.07, 6.45) is 2.97. The quantitative estimate of drug-likeness (QED) is 0.638. The van der Waals surface area contributed by atoms with Crippen molar-refractivity contribution in [1.82, 2.24) is 5.32 Å². The fourth-order valence-corrected chi connectivity index (χ4v) is 1.93. The molecule has 5 heteroatoms. The highest BCUT2D eigenvalue weighted by Crippen LogP contribution is 2.32. The summed E-state index contributed by atoms with van der Waals surface area (Å²) in [5, 5.41) is 2.87. The predicted molar refractivity (Wildman–Crippen MR) is 69.5 cm³/mol. The molecule has 1 aromatic carbocycles. The van der Waals surface area contributed by atoms with E-state index >= 15 is 0 Å². The van der Waals surface area contributed by atoms with Gasteiger partial charge in [-0.1, -0.05) is 6.42 Å². The number of carbonyl (C=O) groups is 1. The van der Waals surface area contributed by atoms with Crippen LogP contribution in [0.25, 0.3) is 0 Å². The molecule has 0 unspecified atom stereocenters. The number of alkyl halides is 1. The summed E-state index contributed by atoms with van der Waals surface area (Å²) in [5.74, 6) is 1.91. The van der Waals surface area contributed by atoms with Gasteiger partial charge in [0.2, 0.25) is 6.79 Å². The minimum Gasteiger partial charge on any atom is -0.454 e. The molecule has 0 saturated carbocycles. The number of hydrogen-bond donors (Lipinski definition) is 1. The van der Waals surface area contributed by atoms with Crippen LogP contribution >= 0.6 is 11.6 Å². The Morgan fingerprint density at radius 3 is 2.89 bits per heavy atom. The van der Waals surface area contributed by atoms with Crippen LogP contribution in [-0.2, 0) is 0 Å². The van der Waals surface area contributed by atoms with Gasteiger partial charge in [-0.05, 0) is 31.0 Å². The molecule has 0 aromatic heterocycles. The zero-order chi connectivity index (χ0) is 12.8. The molecule has 2 rings (SSSR count). The van der Waals surface area contributed by atoms with E-state index in [9.17, 15) is 4.79 Å². The molecule has 0 saturated heterocycles. The van der Waals surface area contributed by atoms with Gasteiger partial charge in [0.05, 0.1) is 0 Å². The normalized spacial score (nSPS) is 12.5. The van der Waals surface area contributed by atoms with Crippen LogP contribution in [-0.4, -0.2) is 25.1 Å². The van der Waals surface area contributed by atoms with Crippen molar-refractivity contribution in [2.75, 3.05) is 19.2 Å². The maximum absolute atomic E-state index is 11.8. The predicted octanol–water partition coefficient (Wildman–Crippen LogP) is 2.55. The number of rotatable bonds is 6. The van der Waals surface area contributed by atoms with Gasteiger partial charge in [0.25, 0.3) is 5.91 Å². The third-order valence-electron chi connectivity index (χ3n) is 2.73. The SMILES string of the molecule is O=C(NCCCCCCl)c1ccc2c(c1)OCO2. The number of fused-ring (bicyclic) bond motifs is 1. The average Bonchev–Trinajstić information content (AvgIpc) is 2.85. The van der Waals surface area contributed by atoms with Crippen molar-refractivity contribution in [1.29, 1.82) is 0 Å². The Kier molecular flexibility index (Phi) is 4.70. The summed E-state index contributed by atoms with van der Waals surface area (Å²) in [6, 6.07) is 5.20. The smallest absolute Gasteiger partial charge is 0.251 e. The number of ether oxygens (including phenoxy) is 2. The summed E-state index contributed by atoms with van der Waals surface area (Å²) < 4.78 is 10.4. The third kappa shape index (κ3) is 3.29. The first-order chi connectivity index (χ1) is 8.81. The first kappa shape index (κ1) is 13.0. The van der Waals surface area contributed by atoms with Gasteiger partial charge in [0.15, 0.2) is 11.5 Å². The molecule has 1 heterocycles. The maximum Gasteiger partial charge on any atom is 0.251 e. The molecule has 0 bridgehead atoms. The Morgan fingerprint density at radius 2 is 2.06 bits per heavy atom. The number of hydrogen-bond acceptors (Lipinski definition) is 3. The van der Waals surface area contributed by atoms with Crippen LogP contribution in [0.4, 0.5) is 0 Å². The summed E-state index contributed by atoms with van der Waals surface area (Å²) in [6.45, 7) is 0.892. The van der Waals surface area contributed by atoms with Crippen molar-refractivity contribution in [2.45, 2.75) is 19.3 Å². The zero-order valence-electron chi connectivity index (χ0n) is 10.1. The molecule has 18 heavy (non-hydrogen) atoms. The van der Waals surface area contributed by atoms with E-state index in [2.05, 4.69) is 5.32 Å². The van der Waals surface area contributed by atoms with E-state index in [0.717, 1.165) is 19.3 Å². The number of benzene rings is 1. The lowest BCUT2D eigenvalue weighted by Gasteiger charge is -2.05. The Balaban J connectivity index is 1.82. The van der Waals surface area contributed by atoms with E-state index in [0.29, 0.717) is 29.5 Å². The molecule has 0 spiro atoms. The van der Waals surface area contributed by atoms with E-state index < -0.39 is 0 Å². The van der Waals surface area contributed by atoms with Crippen LogP contribution in [0.5, 0.6) is 11.5 Å². The van der Waals surface area contributed by atoms with Gasteiger partial charge in [0, 0.05) is 18.0 Å². The standard InChI is InChI=1S/C13H16ClNO3/c14-6-2-1-3-7-15-13(16)10-4-5-11-12(8-10)18-9-17-11/h4-5,8H,1-3,6-7,9H2,(H,15,16). The number of carbonyl (C=O) groups excluding carboxylic acids is 1.